The van der Waals surface area contributed by atoms with E-state index in [0.717, 1.165) is 17.2 Å². The Bertz CT molecular complexity index is 3060. The molecule has 0 bridgehead atoms. The van der Waals surface area contributed by atoms with Gasteiger partial charge in [-0.1, -0.05) is 118 Å². The van der Waals surface area contributed by atoms with Gasteiger partial charge in [-0.25, -0.2) is 0 Å². The highest BCUT2D eigenvalue weighted by Gasteiger charge is 2.47. The summed E-state index contributed by atoms with van der Waals surface area (Å²) in [7, 11) is 0. The van der Waals surface area contributed by atoms with E-state index >= 15 is 0 Å². The number of rotatable bonds is 3. The fourth-order valence-corrected chi connectivity index (χ4v) is 10.5. The SMILES string of the molecule is CC(C)c1cc2c3c(c1)C(C)c1cc(-n4c5ccccc5c5c4ccc4c6ccccc6n(-c6ccccc6)c45)cc4c1B3c1c(cccc1C2C)O4. The third-order valence-electron chi connectivity index (χ3n) is 12.9. The predicted octanol–water partition coefficient (Wildman–Crippen LogP) is 10.6. The first-order valence-electron chi connectivity index (χ1n) is 19.1. The van der Waals surface area contributed by atoms with Gasteiger partial charge in [0.15, 0.2) is 0 Å². The summed E-state index contributed by atoms with van der Waals surface area (Å²) in [5.74, 6) is 3.01. The number of nitrogens with zero attached hydrogens (tertiary/aromatic N) is 2. The molecule has 0 N–H and O–H groups in total. The van der Waals surface area contributed by atoms with Crippen molar-refractivity contribution in [1.29, 1.82) is 0 Å². The second-order valence-corrected chi connectivity index (χ2v) is 15.8. The van der Waals surface area contributed by atoms with Gasteiger partial charge in [0.2, 0.25) is 0 Å². The molecule has 0 saturated heterocycles. The van der Waals surface area contributed by atoms with Crippen molar-refractivity contribution in [3.8, 4) is 22.9 Å². The van der Waals surface area contributed by atoms with Gasteiger partial charge >= 0.3 is 0 Å². The average Bonchev–Trinajstić information content (AvgIpc) is 3.71. The zero-order valence-corrected chi connectivity index (χ0v) is 30.3. The summed E-state index contributed by atoms with van der Waals surface area (Å²) in [6.07, 6.45) is 0. The van der Waals surface area contributed by atoms with Crippen molar-refractivity contribution in [3.05, 3.63) is 161 Å². The van der Waals surface area contributed by atoms with Crippen LogP contribution in [0, 0.1) is 0 Å². The normalized spacial score (nSPS) is 16.6. The summed E-state index contributed by atoms with van der Waals surface area (Å²) in [5.41, 5.74) is 18.6. The fourth-order valence-electron chi connectivity index (χ4n) is 10.5. The maximum atomic E-state index is 7.04. The van der Waals surface area contributed by atoms with Crippen LogP contribution in [0.1, 0.15) is 73.3 Å². The summed E-state index contributed by atoms with van der Waals surface area (Å²) in [4.78, 5) is 0. The Hall–Kier alpha value is -6.00. The monoisotopic (exact) mass is 680 g/mol. The summed E-state index contributed by atoms with van der Waals surface area (Å²) < 4.78 is 12.0. The van der Waals surface area contributed by atoms with Gasteiger partial charge in [0.1, 0.15) is 11.5 Å². The van der Waals surface area contributed by atoms with Crippen molar-refractivity contribution >= 4 is 66.7 Å². The number of benzene rings is 7. The Morgan fingerprint density at radius 3 is 1.94 bits per heavy atom. The Labute approximate surface area is 309 Å². The Kier molecular flexibility index (Phi) is 5.76. The molecule has 2 unspecified atom stereocenters. The van der Waals surface area contributed by atoms with Crippen LogP contribution in [0.15, 0.2) is 133 Å². The topological polar surface area (TPSA) is 19.1 Å². The molecule has 0 spiro atoms. The third-order valence-corrected chi connectivity index (χ3v) is 12.9. The molecule has 7 aromatic carbocycles. The van der Waals surface area contributed by atoms with E-state index in [1.54, 1.807) is 0 Å². The molecule has 2 aromatic heterocycles. The maximum absolute atomic E-state index is 7.04. The molecule has 12 rings (SSSR count). The predicted molar refractivity (Wildman–Crippen MR) is 222 cm³/mol. The Morgan fingerprint density at radius 2 is 1.17 bits per heavy atom. The minimum atomic E-state index is 0.187. The highest BCUT2D eigenvalue weighted by Crippen LogP contribution is 2.46. The molecule has 2 atom stereocenters. The molecule has 0 saturated carbocycles. The summed E-state index contributed by atoms with van der Waals surface area (Å²) in [6, 6.07) is 49.8. The number of hydrogen-bond donors (Lipinski definition) is 0. The van der Waals surface area contributed by atoms with Crippen molar-refractivity contribution in [3.63, 3.8) is 0 Å². The second kappa shape index (κ2) is 10.3. The molecule has 0 fully saturated rings. The van der Waals surface area contributed by atoms with Crippen LogP contribution in [-0.2, 0) is 0 Å². The molecule has 3 aliphatic rings. The number of ether oxygens (including phenoxy) is 1. The quantitative estimate of drug-likeness (QED) is 0.170. The average molecular weight is 681 g/mol. The summed E-state index contributed by atoms with van der Waals surface area (Å²) in [5, 5.41) is 5.06. The number of hydrogen-bond acceptors (Lipinski definition) is 1. The van der Waals surface area contributed by atoms with Crippen molar-refractivity contribution < 1.29 is 4.74 Å². The summed E-state index contributed by atoms with van der Waals surface area (Å²) in [6.45, 7) is 9.66. The third kappa shape index (κ3) is 3.71. The standard InChI is InChI=1S/C49H37BN2O/c1-27(2)30-23-37-28(3)33-17-12-20-43-47(33)50-46(37)38(24-30)29(4)39-25-32(26-44(53-43)48(39)50)51-41-19-11-9-16-36(41)45-42(51)22-21-35-34-15-8-10-18-40(34)52(49(35)45)31-13-6-5-7-14-31/h5-29H,1-4H3. The van der Waals surface area contributed by atoms with Gasteiger partial charge < -0.3 is 13.9 Å². The van der Waals surface area contributed by atoms with E-state index in [2.05, 4.69) is 170 Å². The lowest BCUT2D eigenvalue weighted by Crippen LogP contribution is -2.64. The molecular weight excluding hydrogens is 643 g/mol. The fraction of sp³-hybridized carbons (Fsp3) is 0.143. The van der Waals surface area contributed by atoms with Crippen LogP contribution in [0.2, 0.25) is 0 Å². The van der Waals surface area contributed by atoms with E-state index < -0.39 is 0 Å². The van der Waals surface area contributed by atoms with E-state index in [4.69, 9.17) is 4.74 Å². The van der Waals surface area contributed by atoms with Crippen LogP contribution in [0.5, 0.6) is 11.5 Å². The molecular formula is C49H37BN2O. The molecule has 3 nitrogen and oxygen atoms in total. The van der Waals surface area contributed by atoms with Crippen LogP contribution in [-0.4, -0.2) is 15.8 Å². The molecule has 0 aliphatic carbocycles. The summed E-state index contributed by atoms with van der Waals surface area (Å²) >= 11 is 0. The minimum Gasteiger partial charge on any atom is -0.458 e. The van der Waals surface area contributed by atoms with Gasteiger partial charge in [-0.3, -0.25) is 0 Å². The molecule has 3 aliphatic heterocycles. The Morgan fingerprint density at radius 1 is 0.509 bits per heavy atom. The van der Waals surface area contributed by atoms with Crippen LogP contribution >= 0.6 is 0 Å². The van der Waals surface area contributed by atoms with Crippen molar-refractivity contribution in [1.82, 2.24) is 9.13 Å². The van der Waals surface area contributed by atoms with Gasteiger partial charge in [0.05, 0.1) is 27.8 Å². The van der Waals surface area contributed by atoms with Crippen LogP contribution in [0.4, 0.5) is 0 Å². The van der Waals surface area contributed by atoms with Crippen LogP contribution in [0.3, 0.4) is 0 Å². The zero-order valence-electron chi connectivity index (χ0n) is 30.3. The van der Waals surface area contributed by atoms with Gasteiger partial charge in [-0.15, -0.1) is 0 Å². The smallest absolute Gasteiger partial charge is 0.252 e. The number of fused-ring (bicyclic) bond motifs is 7. The molecule has 4 heteroatoms. The van der Waals surface area contributed by atoms with E-state index in [9.17, 15) is 0 Å². The van der Waals surface area contributed by atoms with Crippen LogP contribution < -0.4 is 21.1 Å². The lowest BCUT2D eigenvalue weighted by molar-refractivity contribution is 0.485. The van der Waals surface area contributed by atoms with Gasteiger partial charge in [-0.2, -0.15) is 0 Å². The van der Waals surface area contributed by atoms with Gasteiger partial charge in [0, 0.05) is 45.1 Å². The van der Waals surface area contributed by atoms with E-state index in [1.807, 2.05) is 0 Å². The molecule has 252 valence electrons. The lowest BCUT2D eigenvalue weighted by atomic mass is 9.28. The van der Waals surface area contributed by atoms with E-state index in [0.29, 0.717) is 11.8 Å². The van der Waals surface area contributed by atoms with E-state index in [-0.39, 0.29) is 12.6 Å². The largest absolute Gasteiger partial charge is 0.458 e. The number of aromatic nitrogens is 2. The van der Waals surface area contributed by atoms with E-state index in [1.165, 1.54) is 93.5 Å². The highest BCUT2D eigenvalue weighted by atomic mass is 16.5. The Balaban J connectivity index is 1.18. The van der Waals surface area contributed by atoms with Gasteiger partial charge in [-0.05, 0) is 87.1 Å². The molecule has 0 amide bonds. The van der Waals surface area contributed by atoms with Gasteiger partial charge in [0.25, 0.3) is 6.71 Å². The number of para-hydroxylation sites is 3. The molecule has 5 heterocycles. The highest BCUT2D eigenvalue weighted by molar-refractivity contribution is 6.98. The lowest BCUT2D eigenvalue weighted by Gasteiger charge is -2.43. The minimum absolute atomic E-state index is 0.187. The van der Waals surface area contributed by atoms with Crippen molar-refractivity contribution in [2.45, 2.75) is 45.4 Å². The van der Waals surface area contributed by atoms with Crippen molar-refractivity contribution in [2.75, 3.05) is 0 Å². The zero-order chi connectivity index (χ0) is 35.3. The molecule has 53 heavy (non-hydrogen) atoms. The maximum Gasteiger partial charge on any atom is 0.252 e. The first kappa shape index (κ1) is 29.6. The first-order valence-corrected chi connectivity index (χ1v) is 19.1. The van der Waals surface area contributed by atoms with Crippen molar-refractivity contribution in [2.24, 2.45) is 0 Å². The first-order chi connectivity index (χ1) is 26.0. The molecule has 0 radical (unpaired) electrons. The van der Waals surface area contributed by atoms with Crippen LogP contribution in [0.25, 0.3) is 55.0 Å². The second-order valence-electron chi connectivity index (χ2n) is 15.8. The molecule has 9 aromatic rings.